The minimum Gasteiger partial charge on any atom is -0.494 e. The molecule has 8 heteroatoms. The van der Waals surface area contributed by atoms with Gasteiger partial charge in [-0.2, -0.15) is 9.78 Å². The highest BCUT2D eigenvalue weighted by Crippen LogP contribution is 2.34. The quantitative estimate of drug-likeness (QED) is 0.138. The van der Waals surface area contributed by atoms with E-state index in [1.54, 1.807) is 12.3 Å². The van der Waals surface area contributed by atoms with E-state index in [9.17, 15) is 4.79 Å². The Labute approximate surface area is 286 Å². The van der Waals surface area contributed by atoms with Crippen molar-refractivity contribution in [3.63, 3.8) is 0 Å². The van der Waals surface area contributed by atoms with Gasteiger partial charge in [0.25, 0.3) is 5.56 Å². The van der Waals surface area contributed by atoms with E-state index in [0.717, 1.165) is 56.4 Å². The van der Waals surface area contributed by atoms with E-state index in [2.05, 4.69) is 37.5 Å². The van der Waals surface area contributed by atoms with Crippen molar-refractivity contribution in [2.24, 2.45) is 5.10 Å². The van der Waals surface area contributed by atoms with Crippen LogP contribution in [0.15, 0.2) is 101 Å². The molecule has 0 bridgehead atoms. The number of benzene rings is 4. The molecule has 2 aromatic heterocycles. The van der Waals surface area contributed by atoms with Crippen molar-refractivity contribution in [3.05, 3.63) is 140 Å². The third kappa shape index (κ3) is 6.51. The van der Waals surface area contributed by atoms with Gasteiger partial charge in [-0.05, 0) is 105 Å². The van der Waals surface area contributed by atoms with Crippen LogP contribution in [-0.4, -0.2) is 27.0 Å². The Balaban J connectivity index is 1.37. The fraction of sp³-hybridized carbons (Fsp3) is 0.225. The van der Waals surface area contributed by atoms with E-state index in [1.807, 2.05) is 93.6 Å². The van der Waals surface area contributed by atoms with Gasteiger partial charge in [0, 0.05) is 38.8 Å². The first kappa shape index (κ1) is 32.8. The average Bonchev–Trinajstić information content (AvgIpc) is 3.36. The van der Waals surface area contributed by atoms with E-state index in [4.69, 9.17) is 31.2 Å². The smallest absolute Gasteiger partial charge is 0.282 e. The van der Waals surface area contributed by atoms with Gasteiger partial charge in [-0.15, -0.1) is 0 Å². The zero-order valence-corrected chi connectivity index (χ0v) is 28.9. The number of hydrogen-bond donors (Lipinski definition) is 0. The number of halogens is 1. The Morgan fingerprint density at radius 1 is 0.917 bits per heavy atom. The van der Waals surface area contributed by atoms with Crippen molar-refractivity contribution in [2.75, 3.05) is 6.61 Å². The van der Waals surface area contributed by atoms with Crippen molar-refractivity contribution in [2.45, 2.75) is 54.1 Å². The zero-order chi connectivity index (χ0) is 33.9. The van der Waals surface area contributed by atoms with Crippen LogP contribution in [-0.2, 0) is 6.61 Å². The van der Waals surface area contributed by atoms with Crippen molar-refractivity contribution in [1.82, 2.24) is 14.2 Å². The standard InChI is InChI=1S/C40H39ClN4O3/c1-7-47-38-20-26(4)35(22-34(38)25(2)3)39-43-37-15-11-9-13-33(37)40(46)45(39)42-23-30-21-27(5)44(28(30)6)31-16-18-32(19-17-31)48-24-29-12-8-10-14-36(29)41/h8-23,25H,7,24H2,1-6H3. The summed E-state index contributed by atoms with van der Waals surface area (Å²) in [5, 5.41) is 6.00. The van der Waals surface area contributed by atoms with E-state index >= 15 is 0 Å². The van der Waals surface area contributed by atoms with Crippen LogP contribution in [0.5, 0.6) is 11.5 Å². The normalized spacial score (nSPS) is 11.6. The fourth-order valence-electron chi connectivity index (χ4n) is 5.98. The van der Waals surface area contributed by atoms with Crippen LogP contribution >= 0.6 is 11.6 Å². The maximum Gasteiger partial charge on any atom is 0.282 e. The number of fused-ring (bicyclic) bond motifs is 1. The largest absolute Gasteiger partial charge is 0.494 e. The molecule has 48 heavy (non-hydrogen) atoms. The Kier molecular flexibility index (Phi) is 9.51. The Hall–Kier alpha value is -5.14. The lowest BCUT2D eigenvalue weighted by Gasteiger charge is -2.18. The molecule has 0 radical (unpaired) electrons. The van der Waals surface area contributed by atoms with Crippen LogP contribution in [0.3, 0.4) is 0 Å². The van der Waals surface area contributed by atoms with Crippen LogP contribution < -0.4 is 15.0 Å². The molecule has 0 aliphatic heterocycles. The molecule has 6 aromatic rings. The molecule has 2 heterocycles. The summed E-state index contributed by atoms with van der Waals surface area (Å²) in [6.07, 6.45) is 1.74. The third-order valence-electron chi connectivity index (χ3n) is 8.50. The summed E-state index contributed by atoms with van der Waals surface area (Å²) in [5.74, 6) is 2.30. The van der Waals surface area contributed by atoms with Crippen LogP contribution in [0.2, 0.25) is 5.02 Å². The molecule has 0 unspecified atom stereocenters. The molecule has 0 fully saturated rings. The van der Waals surface area contributed by atoms with Gasteiger partial charge < -0.3 is 14.0 Å². The van der Waals surface area contributed by atoms with E-state index in [1.165, 1.54) is 4.68 Å². The summed E-state index contributed by atoms with van der Waals surface area (Å²) in [7, 11) is 0. The molecule has 0 N–H and O–H groups in total. The lowest BCUT2D eigenvalue weighted by Crippen LogP contribution is -2.21. The molecule has 0 atom stereocenters. The average molecular weight is 659 g/mol. The first-order valence-corrected chi connectivity index (χ1v) is 16.5. The molecule has 0 aliphatic rings. The molecule has 244 valence electrons. The second-order valence-corrected chi connectivity index (χ2v) is 12.5. The summed E-state index contributed by atoms with van der Waals surface area (Å²) in [4.78, 5) is 19.0. The lowest BCUT2D eigenvalue weighted by molar-refractivity contribution is 0.306. The van der Waals surface area contributed by atoms with Crippen molar-refractivity contribution in [1.29, 1.82) is 0 Å². The van der Waals surface area contributed by atoms with Gasteiger partial charge in [-0.1, -0.05) is 55.8 Å². The third-order valence-corrected chi connectivity index (χ3v) is 8.87. The van der Waals surface area contributed by atoms with Gasteiger partial charge in [-0.25, -0.2) is 4.98 Å². The number of aryl methyl sites for hydroxylation is 2. The number of hydrogen-bond acceptors (Lipinski definition) is 5. The van der Waals surface area contributed by atoms with Gasteiger partial charge >= 0.3 is 0 Å². The maximum absolute atomic E-state index is 14.0. The zero-order valence-electron chi connectivity index (χ0n) is 28.1. The number of ether oxygens (including phenoxy) is 2. The second kappa shape index (κ2) is 13.9. The van der Waals surface area contributed by atoms with Gasteiger partial charge in [0.15, 0.2) is 5.82 Å². The molecule has 4 aromatic carbocycles. The molecule has 0 spiro atoms. The van der Waals surface area contributed by atoms with E-state index < -0.39 is 0 Å². The molecule has 0 saturated carbocycles. The number of para-hydroxylation sites is 1. The summed E-state index contributed by atoms with van der Waals surface area (Å²) < 4.78 is 15.5. The van der Waals surface area contributed by atoms with Gasteiger partial charge in [0.2, 0.25) is 0 Å². The number of rotatable bonds is 10. The summed E-state index contributed by atoms with van der Waals surface area (Å²) in [6, 6.07) is 29.2. The fourth-order valence-corrected chi connectivity index (χ4v) is 6.17. The lowest BCUT2D eigenvalue weighted by atomic mass is 9.96. The van der Waals surface area contributed by atoms with Crippen LogP contribution in [0.25, 0.3) is 28.0 Å². The van der Waals surface area contributed by atoms with Crippen LogP contribution in [0.4, 0.5) is 0 Å². The van der Waals surface area contributed by atoms with E-state index in [0.29, 0.717) is 35.0 Å². The molecular formula is C40H39ClN4O3. The van der Waals surface area contributed by atoms with Gasteiger partial charge in [0.1, 0.15) is 18.1 Å². The molecule has 0 saturated heterocycles. The highest BCUT2D eigenvalue weighted by atomic mass is 35.5. The molecule has 6 rings (SSSR count). The number of aromatic nitrogens is 3. The first-order chi connectivity index (χ1) is 23.2. The van der Waals surface area contributed by atoms with Crippen molar-refractivity contribution >= 4 is 28.7 Å². The van der Waals surface area contributed by atoms with Crippen molar-refractivity contribution < 1.29 is 9.47 Å². The van der Waals surface area contributed by atoms with E-state index in [-0.39, 0.29) is 11.5 Å². The Bertz CT molecular complexity index is 2200. The highest BCUT2D eigenvalue weighted by molar-refractivity contribution is 6.31. The highest BCUT2D eigenvalue weighted by Gasteiger charge is 2.19. The SMILES string of the molecule is CCOc1cc(C)c(-c2nc3ccccc3c(=O)n2N=Cc2cc(C)n(-c3ccc(OCc4ccccc4Cl)cc3)c2C)cc1C(C)C. The Morgan fingerprint density at radius 2 is 1.65 bits per heavy atom. The minimum atomic E-state index is -0.229. The Morgan fingerprint density at radius 3 is 2.38 bits per heavy atom. The molecule has 7 nitrogen and oxygen atoms in total. The van der Waals surface area contributed by atoms with Crippen molar-refractivity contribution in [3.8, 4) is 28.6 Å². The topological polar surface area (TPSA) is 70.6 Å². The summed E-state index contributed by atoms with van der Waals surface area (Å²) >= 11 is 6.29. The minimum absolute atomic E-state index is 0.211. The molecule has 0 aliphatic carbocycles. The van der Waals surface area contributed by atoms with Gasteiger partial charge in [-0.3, -0.25) is 4.79 Å². The second-order valence-electron chi connectivity index (χ2n) is 12.1. The van der Waals surface area contributed by atoms with Crippen LogP contribution in [0.1, 0.15) is 60.3 Å². The van der Waals surface area contributed by atoms with Gasteiger partial charge in [0.05, 0.1) is 23.7 Å². The predicted molar refractivity (Wildman–Crippen MR) is 195 cm³/mol. The first-order valence-electron chi connectivity index (χ1n) is 16.2. The molecule has 0 amide bonds. The number of nitrogens with zero attached hydrogens (tertiary/aromatic N) is 4. The summed E-state index contributed by atoms with van der Waals surface area (Å²) in [6.45, 7) is 13.3. The maximum atomic E-state index is 14.0. The monoisotopic (exact) mass is 658 g/mol. The summed E-state index contributed by atoms with van der Waals surface area (Å²) in [5.41, 5.74) is 8.08. The molecular weight excluding hydrogens is 620 g/mol. The van der Waals surface area contributed by atoms with Crippen LogP contribution in [0, 0.1) is 20.8 Å². The predicted octanol–water partition coefficient (Wildman–Crippen LogP) is 9.42.